The SMILES string of the molecule is FC(F)(F)c1ccc(OC2C[C@H]3CCC[C@@H](C2)N3)cc1. The van der Waals surface area contributed by atoms with Crippen molar-refractivity contribution in [1.82, 2.24) is 5.32 Å². The molecule has 2 saturated heterocycles. The normalized spacial score (nSPS) is 30.1. The highest BCUT2D eigenvalue weighted by atomic mass is 19.4. The Morgan fingerprint density at radius 2 is 1.60 bits per heavy atom. The third-order valence-electron chi connectivity index (χ3n) is 4.16. The molecule has 2 aliphatic heterocycles. The average Bonchev–Trinajstić information content (AvgIpc) is 2.38. The maximum atomic E-state index is 12.5. The number of benzene rings is 1. The van der Waals surface area contributed by atoms with E-state index in [1.165, 1.54) is 31.4 Å². The van der Waals surface area contributed by atoms with Crippen molar-refractivity contribution < 1.29 is 17.9 Å². The molecular formula is C15H18F3NO. The first-order chi connectivity index (χ1) is 9.50. The summed E-state index contributed by atoms with van der Waals surface area (Å²) in [5.41, 5.74) is -0.632. The first kappa shape index (κ1) is 13.7. The zero-order valence-electron chi connectivity index (χ0n) is 11.1. The standard InChI is InChI=1S/C15H18F3NO/c16-15(17,18)10-4-6-13(7-5-10)20-14-8-11-2-1-3-12(9-14)19-11/h4-7,11-12,14,19H,1-3,8-9H2/t11-,12+,14?. The van der Waals surface area contributed by atoms with E-state index in [-0.39, 0.29) is 6.10 Å². The third-order valence-corrected chi connectivity index (χ3v) is 4.16. The van der Waals surface area contributed by atoms with Crippen LogP contribution in [0.15, 0.2) is 24.3 Å². The maximum absolute atomic E-state index is 12.5. The van der Waals surface area contributed by atoms with Gasteiger partial charge in [-0.3, -0.25) is 0 Å². The van der Waals surface area contributed by atoms with Crippen molar-refractivity contribution in [3.05, 3.63) is 29.8 Å². The maximum Gasteiger partial charge on any atom is 0.416 e. The number of hydrogen-bond acceptors (Lipinski definition) is 2. The number of rotatable bonds is 2. The van der Waals surface area contributed by atoms with Gasteiger partial charge in [0, 0.05) is 12.1 Å². The molecule has 0 saturated carbocycles. The van der Waals surface area contributed by atoms with Gasteiger partial charge in [0.2, 0.25) is 0 Å². The number of hydrogen-bond donors (Lipinski definition) is 1. The fourth-order valence-electron chi connectivity index (χ4n) is 3.22. The molecule has 3 rings (SSSR count). The van der Waals surface area contributed by atoms with Crippen LogP contribution in [0.5, 0.6) is 5.75 Å². The van der Waals surface area contributed by atoms with E-state index in [0.717, 1.165) is 25.0 Å². The fourth-order valence-corrected chi connectivity index (χ4v) is 3.22. The summed E-state index contributed by atoms with van der Waals surface area (Å²) < 4.78 is 43.3. The van der Waals surface area contributed by atoms with Crippen LogP contribution in [0, 0.1) is 0 Å². The Bertz CT molecular complexity index is 445. The van der Waals surface area contributed by atoms with E-state index < -0.39 is 11.7 Å². The van der Waals surface area contributed by atoms with Crippen molar-refractivity contribution in [2.45, 2.75) is 56.5 Å². The lowest BCUT2D eigenvalue weighted by atomic mass is 9.85. The Labute approximate surface area is 116 Å². The van der Waals surface area contributed by atoms with E-state index in [4.69, 9.17) is 4.74 Å². The molecule has 5 heteroatoms. The summed E-state index contributed by atoms with van der Waals surface area (Å²) in [6.07, 6.45) is 1.31. The second kappa shape index (κ2) is 5.28. The number of halogens is 3. The van der Waals surface area contributed by atoms with Gasteiger partial charge in [0.05, 0.1) is 5.56 Å². The van der Waals surface area contributed by atoms with Crippen LogP contribution in [0.2, 0.25) is 0 Å². The summed E-state index contributed by atoms with van der Waals surface area (Å²) in [4.78, 5) is 0. The van der Waals surface area contributed by atoms with Crippen LogP contribution < -0.4 is 10.1 Å². The second-order valence-electron chi connectivity index (χ2n) is 5.72. The lowest BCUT2D eigenvalue weighted by Gasteiger charge is -2.40. The van der Waals surface area contributed by atoms with Crippen LogP contribution >= 0.6 is 0 Å². The van der Waals surface area contributed by atoms with Crippen molar-refractivity contribution in [2.24, 2.45) is 0 Å². The first-order valence-corrected chi connectivity index (χ1v) is 7.10. The summed E-state index contributed by atoms with van der Waals surface area (Å²) in [6, 6.07) is 6.00. The Morgan fingerprint density at radius 1 is 1.00 bits per heavy atom. The Hall–Kier alpha value is -1.23. The van der Waals surface area contributed by atoms with Gasteiger partial charge in [-0.25, -0.2) is 0 Å². The van der Waals surface area contributed by atoms with Crippen LogP contribution in [0.25, 0.3) is 0 Å². The number of alkyl halides is 3. The molecule has 0 aliphatic carbocycles. The molecular weight excluding hydrogens is 267 g/mol. The van der Waals surface area contributed by atoms with E-state index in [0.29, 0.717) is 17.8 Å². The van der Waals surface area contributed by atoms with Crippen molar-refractivity contribution in [3.8, 4) is 5.75 Å². The molecule has 0 radical (unpaired) electrons. The van der Waals surface area contributed by atoms with Crippen molar-refractivity contribution in [3.63, 3.8) is 0 Å². The summed E-state index contributed by atoms with van der Waals surface area (Å²) in [7, 11) is 0. The zero-order valence-corrected chi connectivity index (χ0v) is 11.1. The minimum atomic E-state index is -4.29. The predicted molar refractivity (Wildman–Crippen MR) is 69.7 cm³/mol. The van der Waals surface area contributed by atoms with E-state index in [2.05, 4.69) is 5.32 Å². The number of nitrogens with one attached hydrogen (secondary N) is 1. The number of piperidine rings is 2. The molecule has 1 aromatic carbocycles. The molecule has 2 heterocycles. The largest absolute Gasteiger partial charge is 0.490 e. The predicted octanol–water partition coefficient (Wildman–Crippen LogP) is 3.76. The monoisotopic (exact) mass is 285 g/mol. The van der Waals surface area contributed by atoms with Gasteiger partial charge in [-0.1, -0.05) is 6.42 Å². The summed E-state index contributed by atoms with van der Waals surface area (Å²) in [5, 5.41) is 3.57. The third kappa shape index (κ3) is 3.08. The minimum Gasteiger partial charge on any atom is -0.490 e. The fraction of sp³-hybridized carbons (Fsp3) is 0.600. The highest BCUT2D eigenvalue weighted by molar-refractivity contribution is 5.29. The highest BCUT2D eigenvalue weighted by Gasteiger charge is 2.33. The van der Waals surface area contributed by atoms with Crippen LogP contribution in [-0.4, -0.2) is 18.2 Å². The van der Waals surface area contributed by atoms with Crippen molar-refractivity contribution in [2.75, 3.05) is 0 Å². The van der Waals surface area contributed by atoms with E-state index >= 15 is 0 Å². The molecule has 2 aliphatic rings. The summed E-state index contributed by atoms with van der Waals surface area (Å²) in [6.45, 7) is 0. The van der Waals surface area contributed by atoms with Crippen LogP contribution in [0.1, 0.15) is 37.7 Å². The molecule has 1 unspecified atom stereocenters. The number of fused-ring (bicyclic) bond motifs is 2. The summed E-state index contributed by atoms with van der Waals surface area (Å²) in [5.74, 6) is 0.531. The Morgan fingerprint density at radius 3 is 2.15 bits per heavy atom. The van der Waals surface area contributed by atoms with E-state index in [1.807, 2.05) is 0 Å². The molecule has 0 amide bonds. The van der Waals surface area contributed by atoms with Gasteiger partial charge >= 0.3 is 6.18 Å². The Balaban J connectivity index is 1.63. The topological polar surface area (TPSA) is 21.3 Å². The molecule has 1 N–H and O–H groups in total. The lowest BCUT2D eigenvalue weighted by Crippen LogP contribution is -2.51. The van der Waals surface area contributed by atoms with Crippen molar-refractivity contribution >= 4 is 0 Å². The second-order valence-corrected chi connectivity index (χ2v) is 5.72. The van der Waals surface area contributed by atoms with Gasteiger partial charge in [0.1, 0.15) is 11.9 Å². The molecule has 2 bridgehead atoms. The van der Waals surface area contributed by atoms with Gasteiger partial charge in [0.15, 0.2) is 0 Å². The van der Waals surface area contributed by atoms with Crippen molar-refractivity contribution in [1.29, 1.82) is 0 Å². The quantitative estimate of drug-likeness (QED) is 0.893. The highest BCUT2D eigenvalue weighted by Crippen LogP contribution is 2.32. The molecule has 2 nitrogen and oxygen atoms in total. The smallest absolute Gasteiger partial charge is 0.416 e. The molecule has 0 spiro atoms. The lowest BCUT2D eigenvalue weighted by molar-refractivity contribution is -0.137. The van der Waals surface area contributed by atoms with E-state index in [1.54, 1.807) is 0 Å². The van der Waals surface area contributed by atoms with Gasteiger partial charge < -0.3 is 10.1 Å². The number of ether oxygens (including phenoxy) is 1. The Kier molecular flexibility index (Phi) is 3.63. The van der Waals surface area contributed by atoms with Gasteiger partial charge in [-0.05, 0) is 49.9 Å². The van der Waals surface area contributed by atoms with Crippen LogP contribution in [0.3, 0.4) is 0 Å². The van der Waals surface area contributed by atoms with Gasteiger partial charge in [-0.2, -0.15) is 13.2 Å². The molecule has 3 atom stereocenters. The van der Waals surface area contributed by atoms with Gasteiger partial charge in [-0.15, -0.1) is 0 Å². The molecule has 110 valence electrons. The van der Waals surface area contributed by atoms with Crippen LogP contribution in [-0.2, 0) is 6.18 Å². The zero-order chi connectivity index (χ0) is 14.2. The van der Waals surface area contributed by atoms with Crippen LogP contribution in [0.4, 0.5) is 13.2 Å². The van der Waals surface area contributed by atoms with E-state index in [9.17, 15) is 13.2 Å². The molecule has 1 aromatic rings. The first-order valence-electron chi connectivity index (χ1n) is 7.10. The van der Waals surface area contributed by atoms with Gasteiger partial charge in [0.25, 0.3) is 0 Å². The molecule has 20 heavy (non-hydrogen) atoms. The summed E-state index contributed by atoms with van der Waals surface area (Å²) >= 11 is 0. The molecule has 2 fully saturated rings. The molecule has 0 aromatic heterocycles. The average molecular weight is 285 g/mol. The minimum absolute atomic E-state index is 0.114.